The maximum Gasteiger partial charge on any atom is 0.335 e. The van der Waals surface area contributed by atoms with E-state index < -0.39 is 10.9 Å². The number of carboxylic acids is 1. The molecule has 1 aromatic carbocycles. The molecule has 0 atom stereocenters. The molecule has 0 aliphatic rings. The maximum atomic E-state index is 10.5. The van der Waals surface area contributed by atoms with E-state index in [0.717, 1.165) is 0 Å². The normalized spacial score (nSPS) is 9.62. The number of nitro groups is 1. The number of nitrogens with zero attached hydrogens (tertiary/aromatic N) is 1. The molecule has 0 amide bonds. The minimum Gasteiger partial charge on any atom is -0.478 e. The second-order valence-corrected chi connectivity index (χ2v) is 2.56. The summed E-state index contributed by atoms with van der Waals surface area (Å²) >= 11 is 0. The molecule has 0 bridgehead atoms. The second-order valence-electron chi connectivity index (χ2n) is 2.56. The molecule has 0 spiro atoms. The molecule has 1 aromatic rings. The van der Waals surface area contributed by atoms with Gasteiger partial charge in [-0.3, -0.25) is 10.1 Å². The standard InChI is InChI=1S/C8H7NO4/c1-5-4-6(8(10)11)2-3-7(5)9(12)13/h2-4H,1H3,(H,10,11)/i9+1. The number of carbonyl (C=O) groups is 1. The zero-order valence-electron chi connectivity index (χ0n) is 6.85. The van der Waals surface area contributed by atoms with Crippen molar-refractivity contribution >= 4 is 11.7 Å². The fourth-order valence-corrected chi connectivity index (χ4v) is 0.993. The summed E-state index contributed by atoms with van der Waals surface area (Å²) in [5.74, 6) is -1.09. The summed E-state index contributed by atoms with van der Waals surface area (Å²) in [7, 11) is 0. The Kier molecular flexibility index (Phi) is 2.27. The molecule has 0 aliphatic carbocycles. The highest BCUT2D eigenvalue weighted by atomic mass is 16.9. The second kappa shape index (κ2) is 3.22. The van der Waals surface area contributed by atoms with Gasteiger partial charge in [0.25, 0.3) is 5.69 Å². The van der Waals surface area contributed by atoms with Crippen molar-refractivity contribution in [2.45, 2.75) is 6.92 Å². The van der Waals surface area contributed by atoms with Gasteiger partial charge in [0, 0.05) is 11.6 Å². The number of aryl methyl sites for hydroxylation is 1. The van der Waals surface area contributed by atoms with E-state index >= 15 is 0 Å². The van der Waals surface area contributed by atoms with Gasteiger partial charge in [0.05, 0.1) is 10.5 Å². The minimum absolute atomic E-state index is 0.0584. The quantitative estimate of drug-likeness (QED) is 0.428. The largest absolute Gasteiger partial charge is 0.478 e. The van der Waals surface area contributed by atoms with Gasteiger partial charge in [-0.1, -0.05) is 0 Å². The molecule has 0 fully saturated rings. The smallest absolute Gasteiger partial charge is 0.335 e. The molecule has 1 N–H and O–H groups in total. The van der Waals surface area contributed by atoms with E-state index in [0.29, 0.717) is 5.56 Å². The Balaban J connectivity index is 3.20. The maximum absolute atomic E-state index is 10.5. The Bertz CT molecular complexity index is 372. The predicted molar refractivity (Wildman–Crippen MR) is 44.8 cm³/mol. The van der Waals surface area contributed by atoms with Crippen LogP contribution in [0.2, 0.25) is 0 Å². The van der Waals surface area contributed by atoms with E-state index in [2.05, 4.69) is 0 Å². The summed E-state index contributed by atoms with van der Waals surface area (Å²) in [4.78, 5) is 20.3. The number of carboxylic acid groups (broad SMARTS) is 1. The Morgan fingerprint density at radius 1 is 1.54 bits per heavy atom. The summed E-state index contributed by atoms with van der Waals surface area (Å²) in [6.07, 6.45) is 0. The minimum atomic E-state index is -1.09. The zero-order valence-corrected chi connectivity index (χ0v) is 6.85. The van der Waals surface area contributed by atoms with Gasteiger partial charge in [-0.2, -0.15) is 0 Å². The van der Waals surface area contributed by atoms with E-state index in [4.69, 9.17) is 5.11 Å². The van der Waals surface area contributed by atoms with Gasteiger partial charge in [0.2, 0.25) is 0 Å². The van der Waals surface area contributed by atoms with Crippen LogP contribution in [0.5, 0.6) is 0 Å². The van der Waals surface area contributed by atoms with Crippen LogP contribution in [0, 0.1) is 17.0 Å². The third-order valence-electron chi connectivity index (χ3n) is 1.64. The van der Waals surface area contributed by atoms with Gasteiger partial charge in [0.15, 0.2) is 0 Å². The van der Waals surface area contributed by atoms with E-state index in [1.165, 1.54) is 25.1 Å². The lowest BCUT2D eigenvalue weighted by Gasteiger charge is -1.97. The SMILES string of the molecule is Cc1cc(C(=O)O)ccc1[15N+](=O)[O-]. The zero-order chi connectivity index (χ0) is 10.0. The van der Waals surface area contributed by atoms with Crippen LogP contribution in [-0.2, 0) is 0 Å². The van der Waals surface area contributed by atoms with Crippen molar-refractivity contribution in [3.05, 3.63) is 39.4 Å². The first-order valence-electron chi connectivity index (χ1n) is 3.50. The van der Waals surface area contributed by atoms with Crippen molar-refractivity contribution in [3.8, 4) is 0 Å². The fraction of sp³-hybridized carbons (Fsp3) is 0.125. The Morgan fingerprint density at radius 3 is 2.54 bits per heavy atom. The van der Waals surface area contributed by atoms with Crippen LogP contribution in [0.25, 0.3) is 0 Å². The number of rotatable bonds is 2. The van der Waals surface area contributed by atoms with E-state index in [1.807, 2.05) is 0 Å². The fourth-order valence-electron chi connectivity index (χ4n) is 0.993. The topological polar surface area (TPSA) is 80.4 Å². The van der Waals surface area contributed by atoms with Crippen molar-refractivity contribution in [1.82, 2.24) is 0 Å². The lowest BCUT2D eigenvalue weighted by Crippen LogP contribution is -1.98. The summed E-state index contributed by atoms with van der Waals surface area (Å²) in [6.45, 7) is 1.50. The Hall–Kier alpha value is -1.91. The molecule has 0 saturated carbocycles. The summed E-state index contributed by atoms with van der Waals surface area (Å²) < 4.78 is 0. The van der Waals surface area contributed by atoms with Gasteiger partial charge < -0.3 is 5.11 Å². The highest BCUT2D eigenvalue weighted by molar-refractivity contribution is 5.88. The van der Waals surface area contributed by atoms with Crippen LogP contribution >= 0.6 is 0 Å². The van der Waals surface area contributed by atoms with Gasteiger partial charge in [0.1, 0.15) is 0 Å². The van der Waals surface area contributed by atoms with Crippen LogP contribution in [0.1, 0.15) is 15.9 Å². The van der Waals surface area contributed by atoms with Crippen molar-refractivity contribution in [2.24, 2.45) is 0 Å². The molecule has 13 heavy (non-hydrogen) atoms. The molecule has 5 heteroatoms. The highest BCUT2D eigenvalue weighted by Gasteiger charge is 2.12. The van der Waals surface area contributed by atoms with Crippen LogP contribution in [0.3, 0.4) is 0 Å². The molecule has 1 rings (SSSR count). The van der Waals surface area contributed by atoms with Crippen LogP contribution in [-0.4, -0.2) is 16.0 Å². The van der Waals surface area contributed by atoms with Gasteiger partial charge in [-0.25, -0.2) is 4.79 Å². The number of benzene rings is 1. The highest BCUT2D eigenvalue weighted by Crippen LogP contribution is 2.18. The predicted octanol–water partition coefficient (Wildman–Crippen LogP) is 1.60. The first-order valence-corrected chi connectivity index (χ1v) is 3.50. The Morgan fingerprint density at radius 2 is 2.15 bits per heavy atom. The number of hydrogen-bond donors (Lipinski definition) is 1. The molecule has 0 heterocycles. The number of nitro benzene ring substituents is 1. The molecule has 0 aliphatic heterocycles. The van der Waals surface area contributed by atoms with E-state index in [-0.39, 0.29) is 11.3 Å². The van der Waals surface area contributed by atoms with Crippen LogP contribution < -0.4 is 0 Å². The molecule has 0 saturated heterocycles. The molecular weight excluding hydrogens is 175 g/mol. The van der Waals surface area contributed by atoms with Crippen molar-refractivity contribution in [1.29, 1.82) is 0 Å². The molecule has 0 radical (unpaired) electrons. The average Bonchev–Trinajstić information content (AvgIpc) is 2.03. The van der Waals surface area contributed by atoms with Crippen molar-refractivity contribution in [2.75, 3.05) is 0 Å². The van der Waals surface area contributed by atoms with Gasteiger partial charge >= 0.3 is 5.97 Å². The van der Waals surface area contributed by atoms with E-state index in [1.54, 1.807) is 0 Å². The number of hydrogen-bond acceptors (Lipinski definition) is 3. The summed E-state index contributed by atoms with van der Waals surface area (Å²) in [5.41, 5.74) is 0.345. The number of aromatic carboxylic acids is 1. The third-order valence-corrected chi connectivity index (χ3v) is 1.64. The summed E-state index contributed by atoms with van der Waals surface area (Å²) in [5, 5.41) is 18.9. The van der Waals surface area contributed by atoms with E-state index in [9.17, 15) is 14.9 Å². The lowest BCUT2D eigenvalue weighted by molar-refractivity contribution is -0.385. The lowest BCUT2D eigenvalue weighted by atomic mass is 10.1. The molecular formula is C8H7NO4. The third kappa shape index (κ3) is 1.81. The monoisotopic (exact) mass is 182 g/mol. The van der Waals surface area contributed by atoms with Crippen molar-refractivity contribution < 1.29 is 14.8 Å². The first kappa shape index (κ1) is 9.18. The van der Waals surface area contributed by atoms with Crippen molar-refractivity contribution in [3.63, 3.8) is 0 Å². The summed E-state index contributed by atoms with van der Waals surface area (Å²) in [6, 6.07) is 3.69. The molecule has 68 valence electrons. The first-order chi connectivity index (χ1) is 6.02. The van der Waals surface area contributed by atoms with Gasteiger partial charge in [-0.05, 0) is 19.1 Å². The molecule has 0 unspecified atom stereocenters. The molecule has 0 aromatic heterocycles. The van der Waals surface area contributed by atoms with Crippen LogP contribution in [0.15, 0.2) is 18.2 Å². The van der Waals surface area contributed by atoms with Crippen LogP contribution in [0.4, 0.5) is 5.69 Å². The molecule has 5 nitrogen and oxygen atoms in total. The average molecular weight is 182 g/mol. The van der Waals surface area contributed by atoms with Gasteiger partial charge in [-0.15, -0.1) is 0 Å². The Labute approximate surface area is 73.8 Å².